The molecule has 0 amide bonds. The Kier molecular flexibility index (Phi) is 5.99. The molecule has 0 N–H and O–H groups in total. The molecule has 2 aromatic carbocycles. The van der Waals surface area contributed by atoms with E-state index in [2.05, 4.69) is 0 Å². The van der Waals surface area contributed by atoms with Gasteiger partial charge in [-0.15, -0.1) is 0 Å². The van der Waals surface area contributed by atoms with Crippen molar-refractivity contribution in [2.75, 3.05) is 26.2 Å². The zero-order valence-corrected chi connectivity index (χ0v) is 16.5. The van der Waals surface area contributed by atoms with E-state index < -0.39 is 53.1 Å². The molecule has 1 fully saturated rings. The van der Waals surface area contributed by atoms with E-state index in [1.54, 1.807) is 0 Å². The number of sulfonamides is 2. The predicted octanol–water partition coefficient (Wildman–Crippen LogP) is 2.33. The standard InChI is InChI=1S/C17H16F4N2O4S2/c18-12-2-4-14(20)16(10-12)28(24,25)22-6-1-7-23(9-8-22)29(26,27)17-11-13(19)3-5-15(17)21/h2-5,10-11H,1,6-9H2. The maximum atomic E-state index is 13.9. The Morgan fingerprint density at radius 1 is 0.621 bits per heavy atom. The molecule has 158 valence electrons. The van der Waals surface area contributed by atoms with Crippen molar-refractivity contribution in [3.8, 4) is 0 Å². The molecule has 12 heteroatoms. The lowest BCUT2D eigenvalue weighted by atomic mass is 10.3. The lowest BCUT2D eigenvalue weighted by Gasteiger charge is -2.22. The fourth-order valence-electron chi connectivity index (χ4n) is 2.98. The topological polar surface area (TPSA) is 74.8 Å². The first kappa shape index (κ1) is 21.7. The first-order valence-electron chi connectivity index (χ1n) is 8.44. The normalized spacial score (nSPS) is 17.2. The third kappa shape index (κ3) is 4.29. The molecule has 2 aromatic rings. The minimum atomic E-state index is -4.42. The molecule has 0 unspecified atom stereocenters. The predicted molar refractivity (Wildman–Crippen MR) is 94.9 cm³/mol. The van der Waals surface area contributed by atoms with E-state index in [1.165, 1.54) is 0 Å². The highest BCUT2D eigenvalue weighted by molar-refractivity contribution is 7.89. The Hall–Kier alpha value is -2.02. The summed E-state index contributed by atoms with van der Waals surface area (Å²) in [5.74, 6) is -4.15. The molecule has 0 aromatic heterocycles. The van der Waals surface area contributed by atoms with Crippen LogP contribution in [0.1, 0.15) is 6.42 Å². The van der Waals surface area contributed by atoms with Crippen molar-refractivity contribution in [1.82, 2.24) is 8.61 Å². The number of nitrogens with zero attached hydrogens (tertiary/aromatic N) is 2. The fourth-order valence-corrected chi connectivity index (χ4v) is 6.07. The number of hydrogen-bond donors (Lipinski definition) is 0. The summed E-state index contributed by atoms with van der Waals surface area (Å²) < 4.78 is 107. The molecule has 1 aliphatic rings. The first-order valence-corrected chi connectivity index (χ1v) is 11.3. The van der Waals surface area contributed by atoms with Gasteiger partial charge < -0.3 is 0 Å². The van der Waals surface area contributed by atoms with Gasteiger partial charge in [-0.2, -0.15) is 8.61 Å². The third-order valence-corrected chi connectivity index (χ3v) is 8.26. The van der Waals surface area contributed by atoms with E-state index in [1.807, 2.05) is 0 Å². The van der Waals surface area contributed by atoms with E-state index in [4.69, 9.17) is 0 Å². The molecule has 3 rings (SSSR count). The Balaban J connectivity index is 1.87. The highest BCUT2D eigenvalue weighted by atomic mass is 32.2. The molecule has 0 bridgehead atoms. The van der Waals surface area contributed by atoms with E-state index in [-0.39, 0.29) is 32.6 Å². The van der Waals surface area contributed by atoms with Crippen molar-refractivity contribution < 1.29 is 34.4 Å². The van der Waals surface area contributed by atoms with E-state index >= 15 is 0 Å². The molecule has 0 radical (unpaired) electrons. The van der Waals surface area contributed by atoms with Crippen molar-refractivity contribution in [3.63, 3.8) is 0 Å². The summed E-state index contributed by atoms with van der Waals surface area (Å²) in [6, 6.07) is 4.02. The largest absolute Gasteiger partial charge is 0.246 e. The van der Waals surface area contributed by atoms with Crippen molar-refractivity contribution in [2.45, 2.75) is 16.2 Å². The summed E-state index contributed by atoms with van der Waals surface area (Å²) in [7, 11) is -8.85. The summed E-state index contributed by atoms with van der Waals surface area (Å²) in [5.41, 5.74) is 0. The number of halogens is 4. The van der Waals surface area contributed by atoms with Crippen molar-refractivity contribution in [1.29, 1.82) is 0 Å². The molecular formula is C17H16F4N2O4S2. The molecule has 6 nitrogen and oxygen atoms in total. The second-order valence-electron chi connectivity index (χ2n) is 6.31. The van der Waals surface area contributed by atoms with Gasteiger partial charge in [-0.05, 0) is 42.8 Å². The molecule has 0 aliphatic carbocycles. The summed E-state index contributed by atoms with van der Waals surface area (Å²) in [4.78, 5) is -1.71. The lowest BCUT2D eigenvalue weighted by molar-refractivity contribution is 0.400. The van der Waals surface area contributed by atoms with E-state index in [0.29, 0.717) is 24.3 Å². The number of benzene rings is 2. The number of hydrogen-bond acceptors (Lipinski definition) is 4. The average Bonchev–Trinajstić information content (AvgIpc) is 2.93. The molecule has 0 spiro atoms. The Labute approximate surface area is 165 Å². The van der Waals surface area contributed by atoms with Gasteiger partial charge >= 0.3 is 0 Å². The van der Waals surface area contributed by atoms with Crippen LogP contribution >= 0.6 is 0 Å². The second kappa shape index (κ2) is 8.01. The van der Waals surface area contributed by atoms with Crippen LogP contribution < -0.4 is 0 Å². The highest BCUT2D eigenvalue weighted by Gasteiger charge is 2.34. The number of rotatable bonds is 4. The minimum Gasteiger partial charge on any atom is -0.207 e. The van der Waals surface area contributed by atoms with Crippen LogP contribution in [0, 0.1) is 23.3 Å². The van der Waals surface area contributed by atoms with Crippen LogP contribution in [0.15, 0.2) is 46.2 Å². The quantitative estimate of drug-likeness (QED) is 0.668. The van der Waals surface area contributed by atoms with Gasteiger partial charge in [-0.25, -0.2) is 34.4 Å². The Morgan fingerprint density at radius 2 is 1.00 bits per heavy atom. The monoisotopic (exact) mass is 452 g/mol. The molecular weight excluding hydrogens is 436 g/mol. The van der Waals surface area contributed by atoms with Crippen LogP contribution in [0.5, 0.6) is 0 Å². The molecule has 0 atom stereocenters. The van der Waals surface area contributed by atoms with E-state index in [9.17, 15) is 34.4 Å². The van der Waals surface area contributed by atoms with Gasteiger partial charge in [0.05, 0.1) is 0 Å². The van der Waals surface area contributed by atoms with Gasteiger partial charge in [-0.1, -0.05) is 0 Å². The minimum absolute atomic E-state index is 0.0202. The van der Waals surface area contributed by atoms with Crippen LogP contribution in [0.25, 0.3) is 0 Å². The summed E-state index contributed by atoms with van der Waals surface area (Å²) in [5, 5.41) is 0. The van der Waals surface area contributed by atoms with Crippen LogP contribution in [0.3, 0.4) is 0 Å². The SMILES string of the molecule is O=S(=O)(c1cc(F)ccc1F)N1CCCN(S(=O)(=O)c2cc(F)ccc2F)CC1. The zero-order chi connectivity index (χ0) is 21.4. The Bertz CT molecular complexity index is 1050. The maximum absolute atomic E-state index is 13.9. The zero-order valence-electron chi connectivity index (χ0n) is 14.9. The van der Waals surface area contributed by atoms with Gasteiger partial charge in [0.1, 0.15) is 33.1 Å². The van der Waals surface area contributed by atoms with Crippen molar-refractivity contribution in [2.24, 2.45) is 0 Å². The summed E-state index contributed by atoms with van der Waals surface area (Å²) in [6.45, 7) is -1.05. The molecule has 29 heavy (non-hydrogen) atoms. The van der Waals surface area contributed by atoms with Crippen LogP contribution in [-0.4, -0.2) is 51.6 Å². The van der Waals surface area contributed by atoms with Crippen LogP contribution in [-0.2, 0) is 20.0 Å². The first-order chi connectivity index (χ1) is 13.5. The lowest BCUT2D eigenvalue weighted by Crippen LogP contribution is -2.37. The summed E-state index contributed by atoms with van der Waals surface area (Å²) >= 11 is 0. The molecule has 1 heterocycles. The van der Waals surface area contributed by atoms with Crippen LogP contribution in [0.2, 0.25) is 0 Å². The maximum Gasteiger partial charge on any atom is 0.246 e. The van der Waals surface area contributed by atoms with Gasteiger partial charge in [0.15, 0.2) is 0 Å². The Morgan fingerprint density at radius 3 is 1.38 bits per heavy atom. The third-order valence-electron chi connectivity index (χ3n) is 4.44. The van der Waals surface area contributed by atoms with Gasteiger partial charge in [0.2, 0.25) is 20.0 Å². The molecule has 1 saturated heterocycles. The van der Waals surface area contributed by atoms with Crippen molar-refractivity contribution in [3.05, 3.63) is 59.7 Å². The van der Waals surface area contributed by atoms with E-state index in [0.717, 1.165) is 20.7 Å². The second-order valence-corrected chi connectivity index (χ2v) is 10.1. The van der Waals surface area contributed by atoms with Crippen molar-refractivity contribution >= 4 is 20.0 Å². The van der Waals surface area contributed by atoms with Gasteiger partial charge in [0.25, 0.3) is 0 Å². The van der Waals surface area contributed by atoms with Crippen LogP contribution in [0.4, 0.5) is 17.6 Å². The average molecular weight is 452 g/mol. The highest BCUT2D eigenvalue weighted by Crippen LogP contribution is 2.25. The smallest absolute Gasteiger partial charge is 0.207 e. The molecule has 1 aliphatic heterocycles. The fraction of sp³-hybridized carbons (Fsp3) is 0.294. The summed E-state index contributed by atoms with van der Waals surface area (Å²) in [6.07, 6.45) is 0.0202. The van der Waals surface area contributed by atoms with Gasteiger partial charge in [-0.3, -0.25) is 0 Å². The van der Waals surface area contributed by atoms with Gasteiger partial charge in [0, 0.05) is 26.2 Å². The molecule has 0 saturated carbocycles.